The van der Waals surface area contributed by atoms with E-state index < -0.39 is 16.6 Å². The zero-order valence-electron chi connectivity index (χ0n) is 12.4. The van der Waals surface area contributed by atoms with Gasteiger partial charge in [0.1, 0.15) is 5.75 Å². The van der Waals surface area contributed by atoms with Crippen LogP contribution in [-0.2, 0) is 0 Å². The summed E-state index contributed by atoms with van der Waals surface area (Å²) in [7, 11) is 1.23. The SMILES string of the molecule is COc1cc([N+](=O)[O-])cc(/C=N/NC(=O)c2ccc(Cl)cc2)c1[O-]. The smallest absolute Gasteiger partial charge is 0.273 e. The number of amides is 1. The molecule has 0 bridgehead atoms. The van der Waals surface area contributed by atoms with Crippen LogP contribution in [0.5, 0.6) is 11.5 Å². The van der Waals surface area contributed by atoms with E-state index in [1.807, 2.05) is 0 Å². The molecule has 0 atom stereocenters. The van der Waals surface area contributed by atoms with Crippen molar-refractivity contribution in [2.45, 2.75) is 0 Å². The van der Waals surface area contributed by atoms with Gasteiger partial charge in [0.2, 0.25) is 0 Å². The van der Waals surface area contributed by atoms with Crippen LogP contribution in [0.4, 0.5) is 5.69 Å². The van der Waals surface area contributed by atoms with E-state index in [9.17, 15) is 20.0 Å². The molecule has 1 N–H and O–H groups in total. The number of nitrogens with zero attached hydrogens (tertiary/aromatic N) is 2. The molecule has 0 saturated heterocycles. The number of ether oxygens (including phenoxy) is 1. The van der Waals surface area contributed by atoms with Crippen molar-refractivity contribution in [3.05, 3.63) is 62.7 Å². The Morgan fingerprint density at radius 3 is 2.58 bits per heavy atom. The maximum atomic E-state index is 12.0. The molecule has 0 aliphatic rings. The fraction of sp³-hybridized carbons (Fsp3) is 0.0667. The predicted molar refractivity (Wildman–Crippen MR) is 85.6 cm³/mol. The molecule has 0 spiro atoms. The number of rotatable bonds is 5. The Kier molecular flexibility index (Phi) is 5.33. The van der Waals surface area contributed by atoms with Crippen molar-refractivity contribution < 1.29 is 19.6 Å². The Balaban J connectivity index is 2.19. The summed E-state index contributed by atoms with van der Waals surface area (Å²) in [5.41, 5.74) is 2.13. The fourth-order valence-electron chi connectivity index (χ4n) is 1.79. The predicted octanol–water partition coefficient (Wildman–Crippen LogP) is 2.09. The lowest BCUT2D eigenvalue weighted by atomic mass is 10.2. The lowest BCUT2D eigenvalue weighted by Crippen LogP contribution is -2.17. The minimum atomic E-state index is -0.661. The van der Waals surface area contributed by atoms with Crippen LogP contribution in [0.25, 0.3) is 0 Å². The van der Waals surface area contributed by atoms with Gasteiger partial charge in [0.15, 0.2) is 0 Å². The van der Waals surface area contributed by atoms with E-state index in [1.165, 1.54) is 19.2 Å². The van der Waals surface area contributed by atoms with E-state index in [0.717, 1.165) is 18.3 Å². The van der Waals surface area contributed by atoms with Gasteiger partial charge in [-0.25, -0.2) is 5.43 Å². The lowest BCUT2D eigenvalue weighted by molar-refractivity contribution is -0.385. The minimum Gasteiger partial charge on any atom is -0.870 e. The van der Waals surface area contributed by atoms with E-state index in [0.29, 0.717) is 10.6 Å². The van der Waals surface area contributed by atoms with Crippen LogP contribution in [0.3, 0.4) is 0 Å². The Labute approximate surface area is 141 Å². The van der Waals surface area contributed by atoms with Crippen molar-refractivity contribution in [3.8, 4) is 11.5 Å². The first-order chi connectivity index (χ1) is 11.4. The number of nitro benzene ring substituents is 1. The van der Waals surface area contributed by atoms with Crippen LogP contribution < -0.4 is 15.3 Å². The fourth-order valence-corrected chi connectivity index (χ4v) is 1.91. The first kappa shape index (κ1) is 17.2. The number of carbonyl (C=O) groups is 1. The van der Waals surface area contributed by atoms with Crippen molar-refractivity contribution in [1.82, 2.24) is 5.43 Å². The quantitative estimate of drug-likeness (QED) is 0.504. The number of carbonyl (C=O) groups excluding carboxylic acids is 1. The van der Waals surface area contributed by atoms with Gasteiger partial charge in [-0.15, -0.1) is 0 Å². The normalized spacial score (nSPS) is 10.6. The summed E-state index contributed by atoms with van der Waals surface area (Å²) >= 11 is 5.72. The van der Waals surface area contributed by atoms with E-state index in [4.69, 9.17) is 16.3 Å². The monoisotopic (exact) mass is 348 g/mol. The van der Waals surface area contributed by atoms with Crippen LogP contribution in [-0.4, -0.2) is 24.2 Å². The van der Waals surface area contributed by atoms with Crippen molar-refractivity contribution in [1.29, 1.82) is 0 Å². The summed E-state index contributed by atoms with van der Waals surface area (Å²) < 4.78 is 4.81. The standard InChI is InChI=1S/C15H12ClN3O5/c1-24-13-7-12(19(22)23)6-10(14(13)20)8-17-18-15(21)9-2-4-11(16)5-3-9/h2-8,20H,1H3,(H,18,21)/p-1/b17-8+. The second-order valence-corrected chi connectivity index (χ2v) is 4.97. The van der Waals surface area contributed by atoms with Crippen LogP contribution >= 0.6 is 11.6 Å². The summed E-state index contributed by atoms with van der Waals surface area (Å²) in [5.74, 6) is -1.28. The molecule has 0 unspecified atom stereocenters. The molecular formula is C15H11ClN3O5-. The Morgan fingerprint density at radius 1 is 1.33 bits per heavy atom. The molecule has 0 aliphatic heterocycles. The number of nitrogens with one attached hydrogen (secondary N) is 1. The van der Waals surface area contributed by atoms with Gasteiger partial charge in [0, 0.05) is 16.7 Å². The second kappa shape index (κ2) is 7.42. The number of methoxy groups -OCH3 is 1. The molecule has 8 nitrogen and oxygen atoms in total. The molecule has 0 aromatic heterocycles. The topological polar surface area (TPSA) is 117 Å². The summed E-state index contributed by atoms with van der Waals surface area (Å²) in [4.78, 5) is 22.0. The third kappa shape index (κ3) is 3.99. The number of hydrazone groups is 1. The molecule has 2 aromatic rings. The number of hydrogen-bond acceptors (Lipinski definition) is 6. The van der Waals surface area contributed by atoms with Crippen LogP contribution in [0.15, 0.2) is 41.5 Å². The molecule has 2 rings (SSSR count). The van der Waals surface area contributed by atoms with Crippen molar-refractivity contribution in [3.63, 3.8) is 0 Å². The molecule has 0 saturated carbocycles. The van der Waals surface area contributed by atoms with Crippen molar-refractivity contribution in [2.24, 2.45) is 5.10 Å². The first-order valence-corrected chi connectivity index (χ1v) is 6.92. The summed E-state index contributed by atoms with van der Waals surface area (Å²) in [6.07, 6.45) is 1.02. The van der Waals surface area contributed by atoms with E-state index >= 15 is 0 Å². The van der Waals surface area contributed by atoms with Gasteiger partial charge >= 0.3 is 0 Å². The molecule has 2 aromatic carbocycles. The van der Waals surface area contributed by atoms with E-state index in [2.05, 4.69) is 10.5 Å². The molecule has 1 amide bonds. The summed E-state index contributed by atoms with van der Waals surface area (Å²) in [6.45, 7) is 0. The maximum Gasteiger partial charge on any atom is 0.273 e. The zero-order chi connectivity index (χ0) is 17.7. The minimum absolute atomic E-state index is 0.0857. The number of nitro groups is 1. The maximum absolute atomic E-state index is 12.0. The highest BCUT2D eigenvalue weighted by Crippen LogP contribution is 2.31. The number of halogens is 1. The van der Waals surface area contributed by atoms with Crippen molar-refractivity contribution >= 4 is 29.4 Å². The highest BCUT2D eigenvalue weighted by molar-refractivity contribution is 6.30. The Hall–Kier alpha value is -3.13. The van der Waals surface area contributed by atoms with Gasteiger partial charge in [-0.3, -0.25) is 14.9 Å². The van der Waals surface area contributed by atoms with Gasteiger partial charge in [-0.05, 0) is 29.8 Å². The molecule has 0 heterocycles. The average Bonchev–Trinajstić information content (AvgIpc) is 2.56. The second-order valence-electron chi connectivity index (χ2n) is 4.53. The molecule has 0 fully saturated rings. The van der Waals surface area contributed by atoms with Crippen LogP contribution in [0, 0.1) is 10.1 Å². The first-order valence-electron chi connectivity index (χ1n) is 6.54. The van der Waals surface area contributed by atoms with Crippen LogP contribution in [0.2, 0.25) is 5.02 Å². The molecule has 0 aliphatic carbocycles. The van der Waals surface area contributed by atoms with Crippen molar-refractivity contribution in [2.75, 3.05) is 7.11 Å². The summed E-state index contributed by atoms with van der Waals surface area (Å²) in [5, 5.41) is 27.0. The molecule has 9 heteroatoms. The van der Waals surface area contributed by atoms with Gasteiger partial charge in [-0.1, -0.05) is 17.4 Å². The third-order valence-electron chi connectivity index (χ3n) is 2.98. The molecule has 124 valence electrons. The highest BCUT2D eigenvalue weighted by atomic mass is 35.5. The Morgan fingerprint density at radius 2 is 2.00 bits per heavy atom. The molecule has 24 heavy (non-hydrogen) atoms. The number of benzene rings is 2. The zero-order valence-corrected chi connectivity index (χ0v) is 13.1. The van der Waals surface area contributed by atoms with Crippen LogP contribution in [0.1, 0.15) is 15.9 Å². The van der Waals surface area contributed by atoms with Gasteiger partial charge in [0.05, 0.1) is 24.3 Å². The molecular weight excluding hydrogens is 338 g/mol. The molecule has 0 radical (unpaired) electrons. The van der Waals surface area contributed by atoms with Gasteiger partial charge in [-0.2, -0.15) is 5.10 Å². The number of hydrogen-bond donors (Lipinski definition) is 1. The van der Waals surface area contributed by atoms with Gasteiger partial charge < -0.3 is 9.84 Å². The lowest BCUT2D eigenvalue weighted by Gasteiger charge is -2.14. The van der Waals surface area contributed by atoms with Gasteiger partial charge in [0.25, 0.3) is 11.6 Å². The Bertz CT molecular complexity index is 806. The highest BCUT2D eigenvalue weighted by Gasteiger charge is 2.11. The summed E-state index contributed by atoms with van der Waals surface area (Å²) in [6, 6.07) is 8.16. The number of non-ortho nitro benzene ring substituents is 1. The average molecular weight is 349 g/mol. The van der Waals surface area contributed by atoms with E-state index in [1.54, 1.807) is 12.1 Å². The van der Waals surface area contributed by atoms with E-state index in [-0.39, 0.29) is 17.0 Å². The third-order valence-corrected chi connectivity index (χ3v) is 3.23. The largest absolute Gasteiger partial charge is 0.870 e.